The Balaban J connectivity index is 2.52. The van der Waals surface area contributed by atoms with E-state index in [-0.39, 0.29) is 18.0 Å². The molecule has 0 aromatic heterocycles. The third-order valence-electron chi connectivity index (χ3n) is 2.94. The van der Waals surface area contributed by atoms with Crippen molar-refractivity contribution in [1.29, 1.82) is 0 Å². The zero-order valence-electron chi connectivity index (χ0n) is 11.1. The Labute approximate surface area is 113 Å². The molecular formula is C14H21ClFNO. The second-order valence-electron chi connectivity index (χ2n) is 4.99. The van der Waals surface area contributed by atoms with Crippen molar-refractivity contribution < 1.29 is 9.50 Å². The highest BCUT2D eigenvalue weighted by atomic mass is 35.5. The second-order valence-corrected chi connectivity index (χ2v) is 5.39. The van der Waals surface area contributed by atoms with Crippen LogP contribution in [0, 0.1) is 11.7 Å². The van der Waals surface area contributed by atoms with Gasteiger partial charge < -0.3 is 10.4 Å². The molecule has 4 heteroatoms. The highest BCUT2D eigenvalue weighted by molar-refractivity contribution is 6.31. The van der Waals surface area contributed by atoms with Crippen LogP contribution in [0.1, 0.15) is 38.8 Å². The lowest BCUT2D eigenvalue weighted by molar-refractivity contribution is 0.162. The number of rotatable bonds is 6. The van der Waals surface area contributed by atoms with Gasteiger partial charge in [0.05, 0.1) is 6.10 Å². The molecule has 0 amide bonds. The van der Waals surface area contributed by atoms with Gasteiger partial charge in [0.2, 0.25) is 0 Å². The van der Waals surface area contributed by atoms with Crippen molar-refractivity contribution >= 4 is 11.6 Å². The first-order valence-corrected chi connectivity index (χ1v) is 6.64. The molecule has 0 aliphatic rings. The van der Waals surface area contributed by atoms with E-state index >= 15 is 0 Å². The van der Waals surface area contributed by atoms with Crippen LogP contribution < -0.4 is 5.32 Å². The first kappa shape index (κ1) is 15.4. The summed E-state index contributed by atoms with van der Waals surface area (Å²) in [5.41, 5.74) is 0.891. The third kappa shape index (κ3) is 4.92. The Morgan fingerprint density at radius 2 is 2.00 bits per heavy atom. The maximum absolute atomic E-state index is 12.9. The summed E-state index contributed by atoms with van der Waals surface area (Å²) in [4.78, 5) is 0. The van der Waals surface area contributed by atoms with Crippen molar-refractivity contribution in [3.8, 4) is 0 Å². The quantitative estimate of drug-likeness (QED) is 0.831. The summed E-state index contributed by atoms with van der Waals surface area (Å²) in [7, 11) is 0. The van der Waals surface area contributed by atoms with Gasteiger partial charge in [-0.25, -0.2) is 4.39 Å². The molecule has 0 saturated carbocycles. The molecule has 0 saturated heterocycles. The maximum atomic E-state index is 12.9. The molecular weight excluding hydrogens is 253 g/mol. The summed E-state index contributed by atoms with van der Waals surface area (Å²) in [5.74, 6) is 0.0603. The monoisotopic (exact) mass is 273 g/mol. The minimum Gasteiger partial charge on any atom is -0.393 e. The Bertz CT molecular complexity index is 384. The summed E-state index contributed by atoms with van der Waals surface area (Å²) in [6.45, 7) is 6.66. The minimum atomic E-state index is -0.321. The summed E-state index contributed by atoms with van der Waals surface area (Å²) >= 11 is 6.00. The number of nitrogens with one attached hydrogen (secondary N) is 1. The van der Waals surface area contributed by atoms with Crippen LogP contribution >= 0.6 is 11.6 Å². The molecule has 0 aliphatic heterocycles. The topological polar surface area (TPSA) is 32.3 Å². The number of halogens is 2. The van der Waals surface area contributed by atoms with E-state index in [0.717, 1.165) is 18.5 Å². The molecule has 0 spiro atoms. The van der Waals surface area contributed by atoms with Gasteiger partial charge in [-0.3, -0.25) is 0 Å². The Morgan fingerprint density at radius 1 is 1.33 bits per heavy atom. The van der Waals surface area contributed by atoms with Gasteiger partial charge in [-0.15, -0.1) is 0 Å². The van der Waals surface area contributed by atoms with Crippen molar-refractivity contribution in [2.75, 3.05) is 6.54 Å². The zero-order valence-corrected chi connectivity index (χ0v) is 11.8. The number of benzene rings is 1. The summed E-state index contributed by atoms with van der Waals surface area (Å²) in [6, 6.07) is 4.51. The lowest BCUT2D eigenvalue weighted by atomic mass is 10.0. The van der Waals surface area contributed by atoms with E-state index in [4.69, 9.17) is 11.6 Å². The predicted octanol–water partition coefficient (Wildman–Crippen LogP) is 3.54. The SMILES string of the molecule is CC(O)CC(C)CNC(C)c1ccc(F)cc1Cl. The van der Waals surface area contributed by atoms with Crippen molar-refractivity contribution in [3.05, 3.63) is 34.6 Å². The van der Waals surface area contributed by atoms with Gasteiger partial charge in [-0.2, -0.15) is 0 Å². The van der Waals surface area contributed by atoms with Crippen LogP contribution in [-0.4, -0.2) is 17.8 Å². The number of aliphatic hydroxyl groups excluding tert-OH is 1. The van der Waals surface area contributed by atoms with Crippen LogP contribution in [0.25, 0.3) is 0 Å². The normalized spacial score (nSPS) is 16.3. The van der Waals surface area contributed by atoms with Gasteiger partial charge in [0, 0.05) is 11.1 Å². The smallest absolute Gasteiger partial charge is 0.124 e. The van der Waals surface area contributed by atoms with Crippen LogP contribution in [0.4, 0.5) is 4.39 Å². The molecule has 0 bridgehead atoms. The Hall–Kier alpha value is -0.640. The number of hydrogen-bond donors (Lipinski definition) is 2. The largest absolute Gasteiger partial charge is 0.393 e. The Kier molecular flexibility index (Phi) is 6.06. The van der Waals surface area contributed by atoms with Crippen molar-refractivity contribution in [3.63, 3.8) is 0 Å². The fourth-order valence-electron chi connectivity index (χ4n) is 2.01. The van der Waals surface area contributed by atoms with E-state index in [0.29, 0.717) is 10.9 Å². The van der Waals surface area contributed by atoms with E-state index in [1.165, 1.54) is 12.1 Å². The molecule has 2 nitrogen and oxygen atoms in total. The van der Waals surface area contributed by atoms with Crippen LogP contribution in [0.3, 0.4) is 0 Å². The van der Waals surface area contributed by atoms with Gasteiger partial charge in [-0.05, 0) is 50.4 Å². The fourth-order valence-corrected chi connectivity index (χ4v) is 2.34. The van der Waals surface area contributed by atoms with E-state index in [2.05, 4.69) is 12.2 Å². The lowest BCUT2D eigenvalue weighted by Crippen LogP contribution is -2.26. The first-order chi connectivity index (χ1) is 8.40. The molecule has 1 rings (SSSR count). The van der Waals surface area contributed by atoms with Crippen molar-refractivity contribution in [1.82, 2.24) is 5.32 Å². The van der Waals surface area contributed by atoms with Gasteiger partial charge in [0.25, 0.3) is 0 Å². The molecule has 3 atom stereocenters. The molecule has 2 N–H and O–H groups in total. The van der Waals surface area contributed by atoms with Crippen LogP contribution in [-0.2, 0) is 0 Å². The summed E-state index contributed by atoms with van der Waals surface area (Å²) < 4.78 is 12.9. The zero-order chi connectivity index (χ0) is 13.7. The van der Waals surface area contributed by atoms with Crippen LogP contribution in [0.5, 0.6) is 0 Å². The summed E-state index contributed by atoms with van der Waals surface area (Å²) in [6.07, 6.45) is 0.475. The summed E-state index contributed by atoms with van der Waals surface area (Å²) in [5, 5.41) is 13.1. The van der Waals surface area contributed by atoms with E-state index in [9.17, 15) is 9.50 Å². The molecule has 0 radical (unpaired) electrons. The highest BCUT2D eigenvalue weighted by Gasteiger charge is 2.12. The molecule has 3 unspecified atom stereocenters. The molecule has 0 heterocycles. The minimum absolute atomic E-state index is 0.0644. The molecule has 1 aromatic rings. The number of hydrogen-bond acceptors (Lipinski definition) is 2. The average Bonchev–Trinajstić information content (AvgIpc) is 2.25. The predicted molar refractivity (Wildman–Crippen MR) is 73.3 cm³/mol. The molecule has 1 aromatic carbocycles. The maximum Gasteiger partial charge on any atom is 0.124 e. The van der Waals surface area contributed by atoms with E-state index in [1.807, 2.05) is 6.92 Å². The lowest BCUT2D eigenvalue weighted by Gasteiger charge is -2.19. The van der Waals surface area contributed by atoms with Gasteiger partial charge >= 0.3 is 0 Å². The molecule has 18 heavy (non-hydrogen) atoms. The van der Waals surface area contributed by atoms with Gasteiger partial charge in [0.1, 0.15) is 5.82 Å². The number of aliphatic hydroxyl groups is 1. The molecule has 0 aliphatic carbocycles. The average molecular weight is 274 g/mol. The van der Waals surface area contributed by atoms with Crippen molar-refractivity contribution in [2.24, 2.45) is 5.92 Å². The molecule has 0 fully saturated rings. The Morgan fingerprint density at radius 3 is 2.56 bits per heavy atom. The van der Waals surface area contributed by atoms with Gasteiger partial charge in [-0.1, -0.05) is 24.6 Å². The van der Waals surface area contributed by atoms with Crippen LogP contribution in [0.15, 0.2) is 18.2 Å². The van der Waals surface area contributed by atoms with E-state index < -0.39 is 0 Å². The molecule has 102 valence electrons. The third-order valence-corrected chi connectivity index (χ3v) is 3.27. The highest BCUT2D eigenvalue weighted by Crippen LogP contribution is 2.23. The second kappa shape index (κ2) is 7.07. The van der Waals surface area contributed by atoms with E-state index in [1.54, 1.807) is 13.0 Å². The van der Waals surface area contributed by atoms with Gasteiger partial charge in [0.15, 0.2) is 0 Å². The first-order valence-electron chi connectivity index (χ1n) is 6.26. The standard InChI is InChI=1S/C14H21ClFNO/c1-9(6-10(2)18)8-17-11(3)13-5-4-12(16)7-14(13)15/h4-5,7,9-11,17-18H,6,8H2,1-3H3. The van der Waals surface area contributed by atoms with Crippen LogP contribution in [0.2, 0.25) is 5.02 Å². The fraction of sp³-hybridized carbons (Fsp3) is 0.571. The van der Waals surface area contributed by atoms with Crippen molar-refractivity contribution in [2.45, 2.75) is 39.3 Å².